The first-order valence-corrected chi connectivity index (χ1v) is 6.77. The van der Waals surface area contributed by atoms with Gasteiger partial charge in [0.15, 0.2) is 0 Å². The van der Waals surface area contributed by atoms with Crippen LogP contribution in [0.1, 0.15) is 29.0 Å². The number of halogens is 2. The molecular formula is C13H20F2N4O. The van der Waals surface area contributed by atoms with Crippen molar-refractivity contribution in [3.8, 4) is 0 Å². The van der Waals surface area contributed by atoms with E-state index in [0.717, 1.165) is 18.5 Å². The molecular weight excluding hydrogens is 266 g/mol. The van der Waals surface area contributed by atoms with Crippen LogP contribution in [0.2, 0.25) is 0 Å². The van der Waals surface area contributed by atoms with Gasteiger partial charge in [-0.25, -0.2) is 8.78 Å². The first-order chi connectivity index (χ1) is 9.45. The first kappa shape index (κ1) is 14.9. The summed E-state index contributed by atoms with van der Waals surface area (Å²) in [5, 5.41) is 6.99. The lowest BCUT2D eigenvalue weighted by Crippen LogP contribution is -2.48. The van der Waals surface area contributed by atoms with Gasteiger partial charge in [-0.15, -0.1) is 0 Å². The minimum Gasteiger partial charge on any atom is -0.347 e. The van der Waals surface area contributed by atoms with Crippen LogP contribution in [-0.2, 0) is 7.05 Å². The Kier molecular flexibility index (Phi) is 4.69. The third-order valence-corrected chi connectivity index (χ3v) is 3.58. The lowest BCUT2D eigenvalue weighted by atomic mass is 10.1. The van der Waals surface area contributed by atoms with Crippen LogP contribution in [0.4, 0.5) is 8.78 Å². The fourth-order valence-electron chi connectivity index (χ4n) is 2.47. The van der Waals surface area contributed by atoms with Crippen molar-refractivity contribution in [1.29, 1.82) is 0 Å². The SMILES string of the molecule is Cc1cc(C(=O)NC2CCCN(CC(F)F)C2)nn1C. The second kappa shape index (κ2) is 6.30. The Morgan fingerprint density at radius 1 is 1.60 bits per heavy atom. The molecule has 1 atom stereocenters. The Bertz CT molecular complexity index is 455. The molecule has 0 saturated carbocycles. The molecule has 7 heteroatoms. The van der Waals surface area contributed by atoms with E-state index < -0.39 is 6.43 Å². The minimum absolute atomic E-state index is 0.0858. The molecule has 5 nitrogen and oxygen atoms in total. The number of hydrogen-bond donors (Lipinski definition) is 1. The Balaban J connectivity index is 1.90. The Morgan fingerprint density at radius 2 is 2.35 bits per heavy atom. The Hall–Kier alpha value is -1.50. The largest absolute Gasteiger partial charge is 0.347 e. The van der Waals surface area contributed by atoms with Crippen LogP contribution in [0.3, 0.4) is 0 Å². The smallest absolute Gasteiger partial charge is 0.272 e. The van der Waals surface area contributed by atoms with Crippen LogP contribution in [0.25, 0.3) is 0 Å². The van der Waals surface area contributed by atoms with Crippen molar-refractivity contribution in [1.82, 2.24) is 20.0 Å². The van der Waals surface area contributed by atoms with E-state index in [9.17, 15) is 13.6 Å². The van der Waals surface area contributed by atoms with Gasteiger partial charge in [-0.05, 0) is 32.4 Å². The van der Waals surface area contributed by atoms with Crippen molar-refractivity contribution in [2.24, 2.45) is 7.05 Å². The number of carbonyl (C=O) groups excluding carboxylic acids is 1. The van der Waals surface area contributed by atoms with E-state index >= 15 is 0 Å². The molecule has 1 unspecified atom stereocenters. The number of hydrogen-bond acceptors (Lipinski definition) is 3. The highest BCUT2D eigenvalue weighted by molar-refractivity contribution is 5.92. The van der Waals surface area contributed by atoms with Crippen LogP contribution in [0, 0.1) is 6.92 Å². The molecule has 2 heterocycles. The van der Waals surface area contributed by atoms with Crippen molar-refractivity contribution in [3.05, 3.63) is 17.5 Å². The topological polar surface area (TPSA) is 50.2 Å². The second-order valence-electron chi connectivity index (χ2n) is 5.26. The molecule has 20 heavy (non-hydrogen) atoms. The summed E-state index contributed by atoms with van der Waals surface area (Å²) in [7, 11) is 1.77. The van der Waals surface area contributed by atoms with Crippen molar-refractivity contribution >= 4 is 5.91 Å². The van der Waals surface area contributed by atoms with Gasteiger partial charge in [0.2, 0.25) is 0 Å². The normalized spacial score (nSPS) is 20.4. The maximum atomic E-state index is 12.4. The zero-order valence-corrected chi connectivity index (χ0v) is 11.8. The number of alkyl halides is 2. The fraction of sp³-hybridized carbons (Fsp3) is 0.692. The number of nitrogens with zero attached hydrogens (tertiary/aromatic N) is 3. The summed E-state index contributed by atoms with van der Waals surface area (Å²) in [6.45, 7) is 2.78. The molecule has 0 aromatic carbocycles. The predicted octanol–water partition coefficient (Wildman–Crippen LogP) is 1.19. The van der Waals surface area contributed by atoms with Crippen LogP contribution in [0.5, 0.6) is 0 Å². The van der Waals surface area contributed by atoms with E-state index in [1.165, 1.54) is 0 Å². The van der Waals surface area contributed by atoms with Crippen LogP contribution < -0.4 is 5.32 Å². The number of rotatable bonds is 4. The predicted molar refractivity (Wildman–Crippen MR) is 70.9 cm³/mol. The third kappa shape index (κ3) is 3.75. The highest BCUT2D eigenvalue weighted by Gasteiger charge is 2.24. The van der Waals surface area contributed by atoms with Crippen LogP contribution >= 0.6 is 0 Å². The molecule has 1 aliphatic heterocycles. The number of aryl methyl sites for hydroxylation is 2. The lowest BCUT2D eigenvalue weighted by molar-refractivity contribution is 0.0672. The number of carbonyl (C=O) groups is 1. The molecule has 1 aromatic heterocycles. The zero-order chi connectivity index (χ0) is 14.7. The molecule has 112 valence electrons. The second-order valence-corrected chi connectivity index (χ2v) is 5.26. The molecule has 0 aliphatic carbocycles. The van der Waals surface area contributed by atoms with Crippen molar-refractivity contribution in [2.75, 3.05) is 19.6 Å². The van der Waals surface area contributed by atoms with Crippen LogP contribution in [0.15, 0.2) is 6.07 Å². The molecule has 1 aliphatic rings. The molecule has 0 bridgehead atoms. The summed E-state index contributed by atoms with van der Waals surface area (Å²) in [5.41, 5.74) is 1.27. The summed E-state index contributed by atoms with van der Waals surface area (Å²) in [6.07, 6.45) is -0.696. The fourth-order valence-corrected chi connectivity index (χ4v) is 2.47. The quantitative estimate of drug-likeness (QED) is 0.904. The number of amides is 1. The first-order valence-electron chi connectivity index (χ1n) is 6.77. The number of likely N-dealkylation sites (tertiary alicyclic amines) is 1. The Morgan fingerprint density at radius 3 is 2.95 bits per heavy atom. The van der Waals surface area contributed by atoms with E-state index in [4.69, 9.17) is 0 Å². The molecule has 0 radical (unpaired) electrons. The van der Waals surface area contributed by atoms with Gasteiger partial charge in [0, 0.05) is 25.3 Å². The molecule has 0 spiro atoms. The minimum atomic E-state index is -2.33. The summed E-state index contributed by atoms with van der Waals surface area (Å²) in [4.78, 5) is 13.8. The molecule has 1 saturated heterocycles. The van der Waals surface area contributed by atoms with Gasteiger partial charge in [0.05, 0.1) is 6.54 Å². The van der Waals surface area contributed by atoms with Gasteiger partial charge in [-0.3, -0.25) is 14.4 Å². The molecule has 1 fully saturated rings. The molecule has 1 amide bonds. The van der Waals surface area contributed by atoms with E-state index in [1.54, 1.807) is 22.7 Å². The van der Waals surface area contributed by atoms with Gasteiger partial charge in [0.1, 0.15) is 5.69 Å². The highest BCUT2D eigenvalue weighted by atomic mass is 19.3. The van der Waals surface area contributed by atoms with Gasteiger partial charge >= 0.3 is 0 Å². The van der Waals surface area contributed by atoms with Crippen molar-refractivity contribution in [2.45, 2.75) is 32.2 Å². The third-order valence-electron chi connectivity index (χ3n) is 3.58. The van der Waals surface area contributed by atoms with Gasteiger partial charge in [-0.2, -0.15) is 5.10 Å². The van der Waals surface area contributed by atoms with Gasteiger partial charge < -0.3 is 5.32 Å². The highest BCUT2D eigenvalue weighted by Crippen LogP contribution is 2.12. The maximum Gasteiger partial charge on any atom is 0.272 e. The molecule has 2 rings (SSSR count). The Labute approximate surface area is 116 Å². The zero-order valence-electron chi connectivity index (χ0n) is 11.8. The standard InChI is InChI=1S/C13H20F2N4O/c1-9-6-11(17-18(9)2)13(20)16-10-4-3-5-19(7-10)8-12(14)15/h6,10,12H,3-5,7-8H2,1-2H3,(H,16,20). The van der Waals surface area contributed by atoms with Crippen molar-refractivity contribution in [3.63, 3.8) is 0 Å². The average Bonchev–Trinajstić information content (AvgIpc) is 2.69. The maximum absolute atomic E-state index is 12.4. The van der Waals surface area contributed by atoms with E-state index in [0.29, 0.717) is 18.8 Å². The average molecular weight is 286 g/mol. The number of piperidine rings is 1. The van der Waals surface area contributed by atoms with Gasteiger partial charge in [-0.1, -0.05) is 0 Å². The summed E-state index contributed by atoms with van der Waals surface area (Å²) in [6, 6.07) is 1.63. The summed E-state index contributed by atoms with van der Waals surface area (Å²) in [5.74, 6) is -0.238. The van der Waals surface area contributed by atoms with E-state index in [1.807, 2.05) is 6.92 Å². The van der Waals surface area contributed by atoms with E-state index in [-0.39, 0.29) is 18.5 Å². The van der Waals surface area contributed by atoms with E-state index in [2.05, 4.69) is 10.4 Å². The summed E-state index contributed by atoms with van der Waals surface area (Å²) >= 11 is 0. The van der Waals surface area contributed by atoms with Crippen LogP contribution in [-0.4, -0.2) is 52.7 Å². The summed E-state index contributed by atoms with van der Waals surface area (Å²) < 4.78 is 26.4. The monoisotopic (exact) mass is 286 g/mol. The number of aromatic nitrogens is 2. The number of nitrogens with one attached hydrogen (secondary N) is 1. The van der Waals surface area contributed by atoms with Gasteiger partial charge in [0.25, 0.3) is 12.3 Å². The lowest BCUT2D eigenvalue weighted by Gasteiger charge is -2.32. The molecule has 1 N–H and O–H groups in total. The van der Waals surface area contributed by atoms with Crippen molar-refractivity contribution < 1.29 is 13.6 Å². The molecule has 1 aromatic rings.